The maximum atomic E-state index is 11.3. The number of hydrogen-bond donors (Lipinski definition) is 1. The number of piperazine rings is 1. The van der Waals surface area contributed by atoms with Crippen molar-refractivity contribution < 1.29 is 14.4 Å². The maximum Gasteiger partial charge on any atom is 0.239 e. The van der Waals surface area contributed by atoms with Crippen LogP contribution in [-0.2, 0) is 14.4 Å². The van der Waals surface area contributed by atoms with Gasteiger partial charge in [0.1, 0.15) is 5.78 Å². The minimum Gasteiger partial charge on any atom is -0.353 e. The fourth-order valence-corrected chi connectivity index (χ4v) is 1.18. The van der Waals surface area contributed by atoms with E-state index in [2.05, 4.69) is 5.32 Å². The third-order valence-corrected chi connectivity index (χ3v) is 1.79. The summed E-state index contributed by atoms with van der Waals surface area (Å²) in [5.74, 6) is -0.596. The number of amides is 2. The van der Waals surface area contributed by atoms with Crippen LogP contribution in [0.15, 0.2) is 0 Å². The molecule has 0 aromatic carbocycles. The smallest absolute Gasteiger partial charge is 0.239 e. The first-order valence-electron chi connectivity index (χ1n) is 4.13. The molecular weight excluding hydrogens is 172 g/mol. The van der Waals surface area contributed by atoms with Gasteiger partial charge in [0, 0.05) is 13.1 Å². The van der Waals surface area contributed by atoms with Crippen LogP contribution in [0.3, 0.4) is 0 Å². The fraction of sp³-hybridized carbons (Fsp3) is 0.625. The molecule has 0 aromatic rings. The first-order chi connectivity index (χ1) is 6.09. The van der Waals surface area contributed by atoms with Crippen LogP contribution in [0.2, 0.25) is 0 Å². The van der Waals surface area contributed by atoms with Crippen LogP contribution < -0.4 is 5.32 Å². The normalized spacial score (nSPS) is 16.7. The van der Waals surface area contributed by atoms with E-state index in [1.54, 1.807) is 0 Å². The van der Waals surface area contributed by atoms with Gasteiger partial charge in [-0.2, -0.15) is 0 Å². The van der Waals surface area contributed by atoms with Crippen LogP contribution in [0, 0.1) is 0 Å². The van der Waals surface area contributed by atoms with Gasteiger partial charge < -0.3 is 10.2 Å². The van der Waals surface area contributed by atoms with Crippen molar-refractivity contribution in [1.82, 2.24) is 10.2 Å². The second kappa shape index (κ2) is 4.02. The quantitative estimate of drug-likeness (QED) is 0.555. The minimum absolute atomic E-state index is 0.0755. The van der Waals surface area contributed by atoms with Gasteiger partial charge in [0.25, 0.3) is 0 Å². The summed E-state index contributed by atoms with van der Waals surface area (Å²) in [4.78, 5) is 34.2. The summed E-state index contributed by atoms with van der Waals surface area (Å²) in [6.07, 6.45) is -0.104. The van der Waals surface area contributed by atoms with Gasteiger partial charge in [0.2, 0.25) is 11.8 Å². The SMILES string of the molecule is CC(=O)CC(=O)N1CCNC(=O)C1. The predicted molar refractivity (Wildman–Crippen MR) is 44.9 cm³/mol. The van der Waals surface area contributed by atoms with Crippen LogP contribution in [0.5, 0.6) is 0 Å². The standard InChI is InChI=1S/C8H12N2O3/c1-6(11)4-8(13)10-3-2-9-7(12)5-10/h2-5H2,1H3,(H,9,12). The zero-order valence-corrected chi connectivity index (χ0v) is 7.50. The van der Waals surface area contributed by atoms with Crippen molar-refractivity contribution in [3.05, 3.63) is 0 Å². The minimum atomic E-state index is -0.262. The molecule has 72 valence electrons. The molecule has 5 nitrogen and oxygen atoms in total. The first-order valence-corrected chi connectivity index (χ1v) is 4.13. The monoisotopic (exact) mass is 184 g/mol. The van der Waals surface area contributed by atoms with Crippen molar-refractivity contribution in [3.8, 4) is 0 Å². The molecule has 1 heterocycles. The van der Waals surface area contributed by atoms with E-state index >= 15 is 0 Å². The van der Waals surface area contributed by atoms with Gasteiger partial charge in [-0.25, -0.2) is 0 Å². The summed E-state index contributed by atoms with van der Waals surface area (Å²) in [6.45, 7) is 2.41. The van der Waals surface area contributed by atoms with Gasteiger partial charge in [0.05, 0.1) is 13.0 Å². The highest BCUT2D eigenvalue weighted by atomic mass is 16.2. The van der Waals surface area contributed by atoms with E-state index < -0.39 is 0 Å². The van der Waals surface area contributed by atoms with Gasteiger partial charge in [-0.05, 0) is 6.92 Å². The summed E-state index contributed by atoms with van der Waals surface area (Å²) >= 11 is 0. The Morgan fingerprint density at radius 3 is 2.77 bits per heavy atom. The molecule has 0 atom stereocenters. The summed E-state index contributed by atoms with van der Waals surface area (Å²) < 4.78 is 0. The van der Waals surface area contributed by atoms with Crippen LogP contribution in [-0.4, -0.2) is 42.1 Å². The van der Waals surface area contributed by atoms with Crippen molar-refractivity contribution in [2.24, 2.45) is 0 Å². The Bertz CT molecular complexity index is 250. The first kappa shape index (κ1) is 9.70. The highest BCUT2D eigenvalue weighted by Gasteiger charge is 2.21. The number of rotatable bonds is 2. The lowest BCUT2D eigenvalue weighted by atomic mass is 10.2. The molecule has 1 rings (SSSR count). The highest BCUT2D eigenvalue weighted by Crippen LogP contribution is 1.98. The number of hydrogen-bond acceptors (Lipinski definition) is 3. The van der Waals surface area contributed by atoms with Gasteiger partial charge in [-0.15, -0.1) is 0 Å². The zero-order chi connectivity index (χ0) is 9.84. The lowest BCUT2D eigenvalue weighted by Crippen LogP contribution is -2.50. The largest absolute Gasteiger partial charge is 0.353 e. The molecule has 0 saturated carbocycles. The van der Waals surface area contributed by atoms with E-state index in [0.717, 1.165) is 0 Å². The second-order valence-electron chi connectivity index (χ2n) is 3.04. The fourth-order valence-electron chi connectivity index (χ4n) is 1.18. The van der Waals surface area contributed by atoms with E-state index in [-0.39, 0.29) is 30.6 Å². The van der Waals surface area contributed by atoms with Crippen molar-refractivity contribution in [2.45, 2.75) is 13.3 Å². The lowest BCUT2D eigenvalue weighted by molar-refractivity contribution is -0.140. The average molecular weight is 184 g/mol. The van der Waals surface area contributed by atoms with Crippen LogP contribution in [0.25, 0.3) is 0 Å². The number of Topliss-reactive ketones (excluding diaryl/α,β-unsaturated/α-hetero) is 1. The van der Waals surface area contributed by atoms with Gasteiger partial charge in [-0.3, -0.25) is 14.4 Å². The topological polar surface area (TPSA) is 66.5 Å². The molecule has 0 aliphatic carbocycles. The Balaban J connectivity index is 2.46. The Morgan fingerprint density at radius 1 is 1.54 bits per heavy atom. The summed E-state index contributed by atoms with van der Waals surface area (Å²) in [7, 11) is 0. The average Bonchev–Trinajstić information content (AvgIpc) is 2.03. The second-order valence-corrected chi connectivity index (χ2v) is 3.04. The Labute approximate surface area is 76.1 Å². The Morgan fingerprint density at radius 2 is 2.23 bits per heavy atom. The van der Waals surface area contributed by atoms with Crippen molar-refractivity contribution in [3.63, 3.8) is 0 Å². The molecule has 1 N–H and O–H groups in total. The number of nitrogens with one attached hydrogen (secondary N) is 1. The molecule has 2 amide bonds. The molecule has 1 fully saturated rings. The molecule has 1 aliphatic heterocycles. The zero-order valence-electron chi connectivity index (χ0n) is 7.50. The van der Waals surface area contributed by atoms with Gasteiger partial charge in [-0.1, -0.05) is 0 Å². The lowest BCUT2D eigenvalue weighted by Gasteiger charge is -2.26. The van der Waals surface area contributed by atoms with E-state index in [9.17, 15) is 14.4 Å². The molecule has 0 bridgehead atoms. The van der Waals surface area contributed by atoms with Crippen molar-refractivity contribution in [1.29, 1.82) is 0 Å². The number of carbonyl (C=O) groups is 3. The number of nitrogens with zero attached hydrogens (tertiary/aromatic N) is 1. The molecule has 0 spiro atoms. The maximum absolute atomic E-state index is 11.3. The van der Waals surface area contributed by atoms with Crippen LogP contribution in [0.4, 0.5) is 0 Å². The van der Waals surface area contributed by atoms with E-state index in [1.165, 1.54) is 11.8 Å². The highest BCUT2D eigenvalue weighted by molar-refractivity contribution is 5.98. The Hall–Kier alpha value is -1.39. The van der Waals surface area contributed by atoms with Crippen LogP contribution in [0.1, 0.15) is 13.3 Å². The summed E-state index contributed by atoms with van der Waals surface area (Å²) in [5.41, 5.74) is 0. The summed E-state index contributed by atoms with van der Waals surface area (Å²) in [5, 5.41) is 2.60. The molecule has 0 aromatic heterocycles. The molecule has 5 heteroatoms. The van der Waals surface area contributed by atoms with Gasteiger partial charge in [0.15, 0.2) is 0 Å². The van der Waals surface area contributed by atoms with Gasteiger partial charge >= 0.3 is 0 Å². The predicted octanol–water partition coefficient (Wildman–Crippen LogP) is -1.08. The van der Waals surface area contributed by atoms with Crippen molar-refractivity contribution in [2.75, 3.05) is 19.6 Å². The molecule has 13 heavy (non-hydrogen) atoms. The van der Waals surface area contributed by atoms with E-state index in [0.29, 0.717) is 13.1 Å². The molecule has 1 aliphatic rings. The van der Waals surface area contributed by atoms with Crippen molar-refractivity contribution >= 4 is 17.6 Å². The molecular formula is C8H12N2O3. The molecule has 0 radical (unpaired) electrons. The number of carbonyl (C=O) groups excluding carboxylic acids is 3. The van der Waals surface area contributed by atoms with E-state index in [1.807, 2.05) is 0 Å². The Kier molecular flexibility index (Phi) is 3.00. The molecule has 0 unspecified atom stereocenters. The summed E-state index contributed by atoms with van der Waals surface area (Å²) in [6, 6.07) is 0. The van der Waals surface area contributed by atoms with Crippen LogP contribution >= 0.6 is 0 Å². The number of ketones is 1. The third kappa shape index (κ3) is 2.85. The van der Waals surface area contributed by atoms with E-state index in [4.69, 9.17) is 0 Å². The third-order valence-electron chi connectivity index (χ3n) is 1.79. The molecule has 1 saturated heterocycles.